The highest BCUT2D eigenvalue weighted by molar-refractivity contribution is 7.89. The number of sulfonamides is 1. The van der Waals surface area contributed by atoms with E-state index >= 15 is 0 Å². The first kappa shape index (κ1) is 18.2. The van der Waals surface area contributed by atoms with E-state index in [-0.39, 0.29) is 34.5 Å². The minimum absolute atomic E-state index is 0.0179. The Bertz CT molecular complexity index is 936. The van der Waals surface area contributed by atoms with Gasteiger partial charge < -0.3 is 19.3 Å². The van der Waals surface area contributed by atoms with Gasteiger partial charge in [0, 0.05) is 19.2 Å². The van der Waals surface area contributed by atoms with Crippen LogP contribution in [0.3, 0.4) is 0 Å². The minimum atomic E-state index is -3.68. The van der Waals surface area contributed by atoms with Gasteiger partial charge in [-0.25, -0.2) is 13.2 Å². The molecule has 1 aliphatic rings. The maximum Gasteiger partial charge on any atom is 0.371 e. The van der Waals surface area contributed by atoms with Gasteiger partial charge in [0.05, 0.1) is 6.54 Å². The van der Waals surface area contributed by atoms with Crippen LogP contribution >= 0.6 is 0 Å². The number of nitrogens with one attached hydrogen (secondary N) is 1. The molecule has 9 nitrogen and oxygen atoms in total. The molecule has 0 saturated carbocycles. The summed E-state index contributed by atoms with van der Waals surface area (Å²) >= 11 is 0. The molecule has 3 heterocycles. The van der Waals surface area contributed by atoms with Crippen molar-refractivity contribution in [2.24, 2.45) is 0 Å². The number of rotatable bonds is 6. The smallest absolute Gasteiger partial charge is 0.371 e. The van der Waals surface area contributed by atoms with Crippen LogP contribution in [0.25, 0.3) is 0 Å². The average molecular weight is 382 g/mol. The second kappa shape index (κ2) is 6.96. The number of carbonyl (C=O) groups is 2. The van der Waals surface area contributed by atoms with Crippen molar-refractivity contribution in [1.29, 1.82) is 0 Å². The molecule has 0 spiro atoms. The molecule has 0 aliphatic carbocycles. The number of amides is 1. The Morgan fingerprint density at radius 3 is 2.50 bits per heavy atom. The molecule has 0 atom stereocenters. The Kier molecular flexibility index (Phi) is 4.88. The summed E-state index contributed by atoms with van der Waals surface area (Å²) in [7, 11) is -3.68. The number of carbonyl (C=O) groups excluding carboxylic acids is 1. The van der Waals surface area contributed by atoms with E-state index in [0.29, 0.717) is 13.1 Å². The van der Waals surface area contributed by atoms with Crippen LogP contribution in [0.1, 0.15) is 45.5 Å². The first-order chi connectivity index (χ1) is 12.3. The SMILES string of the molecule is Cc1oc(C(=O)NCc2ccc(C(=O)O)o2)cc1S(=O)(=O)N1CCCC1. The third-order valence-corrected chi connectivity index (χ3v) is 6.08. The van der Waals surface area contributed by atoms with E-state index in [9.17, 15) is 18.0 Å². The molecule has 0 aromatic carbocycles. The van der Waals surface area contributed by atoms with Crippen LogP contribution in [-0.4, -0.2) is 42.8 Å². The van der Waals surface area contributed by atoms with Gasteiger partial charge in [-0.05, 0) is 31.9 Å². The van der Waals surface area contributed by atoms with E-state index in [1.54, 1.807) is 0 Å². The summed E-state index contributed by atoms with van der Waals surface area (Å²) in [5, 5.41) is 11.3. The van der Waals surface area contributed by atoms with Gasteiger partial charge in [0.25, 0.3) is 5.91 Å². The van der Waals surface area contributed by atoms with E-state index < -0.39 is 21.9 Å². The van der Waals surface area contributed by atoms with Crippen molar-refractivity contribution in [1.82, 2.24) is 9.62 Å². The predicted molar refractivity (Wildman–Crippen MR) is 88.3 cm³/mol. The van der Waals surface area contributed by atoms with Crippen LogP contribution < -0.4 is 5.32 Å². The molecule has 1 amide bonds. The third-order valence-electron chi connectivity index (χ3n) is 4.07. The number of carboxylic acids is 1. The summed E-state index contributed by atoms with van der Waals surface area (Å²) in [6.07, 6.45) is 1.62. The molecular weight excluding hydrogens is 364 g/mol. The zero-order valence-corrected chi connectivity index (χ0v) is 14.8. The number of aryl methyl sites for hydroxylation is 1. The number of carboxylic acid groups (broad SMARTS) is 1. The van der Waals surface area contributed by atoms with Crippen LogP contribution in [0.15, 0.2) is 31.9 Å². The van der Waals surface area contributed by atoms with Crippen LogP contribution in [-0.2, 0) is 16.6 Å². The maximum atomic E-state index is 12.6. The van der Waals surface area contributed by atoms with Gasteiger partial charge in [-0.2, -0.15) is 4.31 Å². The fourth-order valence-electron chi connectivity index (χ4n) is 2.74. The Hall–Kier alpha value is -2.59. The summed E-state index contributed by atoms with van der Waals surface area (Å²) in [6, 6.07) is 3.92. The monoisotopic (exact) mass is 382 g/mol. The zero-order valence-electron chi connectivity index (χ0n) is 14.0. The molecule has 1 aliphatic heterocycles. The third kappa shape index (κ3) is 3.51. The predicted octanol–water partition coefficient (Wildman–Crippen LogP) is 1.59. The van der Waals surface area contributed by atoms with Gasteiger partial charge in [-0.15, -0.1) is 0 Å². The molecule has 1 saturated heterocycles. The van der Waals surface area contributed by atoms with Gasteiger partial charge in [-0.3, -0.25) is 4.79 Å². The molecule has 3 rings (SSSR count). The summed E-state index contributed by atoms with van der Waals surface area (Å²) in [5.74, 6) is -1.80. The molecule has 2 aromatic heterocycles. The molecule has 0 bridgehead atoms. The molecule has 0 radical (unpaired) electrons. The van der Waals surface area contributed by atoms with Crippen molar-refractivity contribution in [2.75, 3.05) is 13.1 Å². The molecule has 140 valence electrons. The van der Waals surface area contributed by atoms with Crippen LogP contribution in [0, 0.1) is 6.92 Å². The molecule has 0 unspecified atom stereocenters. The number of hydrogen-bond acceptors (Lipinski definition) is 6. The van der Waals surface area contributed by atoms with Crippen LogP contribution in [0.2, 0.25) is 0 Å². The topological polar surface area (TPSA) is 130 Å². The molecule has 10 heteroatoms. The standard InChI is InChI=1S/C16H18N2O7S/c1-10-14(26(22,23)18-6-2-3-7-18)8-13(24-10)15(19)17-9-11-4-5-12(25-11)16(20)21/h4-5,8H,2-3,6-7,9H2,1H3,(H,17,19)(H,20,21). The lowest BCUT2D eigenvalue weighted by Crippen LogP contribution is -2.28. The second-order valence-corrected chi connectivity index (χ2v) is 7.80. The molecule has 26 heavy (non-hydrogen) atoms. The highest BCUT2D eigenvalue weighted by Crippen LogP contribution is 2.26. The summed E-state index contributed by atoms with van der Waals surface area (Å²) in [5.41, 5.74) is 0. The lowest BCUT2D eigenvalue weighted by Gasteiger charge is -2.14. The van der Waals surface area contributed by atoms with Crippen LogP contribution in [0.5, 0.6) is 0 Å². The van der Waals surface area contributed by atoms with Crippen molar-refractivity contribution in [3.05, 3.63) is 41.2 Å². The van der Waals surface area contributed by atoms with E-state index in [1.165, 1.54) is 29.4 Å². The van der Waals surface area contributed by atoms with Crippen molar-refractivity contribution in [3.8, 4) is 0 Å². The number of nitrogens with zero attached hydrogens (tertiary/aromatic N) is 1. The Morgan fingerprint density at radius 1 is 1.19 bits per heavy atom. The Morgan fingerprint density at radius 2 is 1.88 bits per heavy atom. The van der Waals surface area contributed by atoms with E-state index in [0.717, 1.165) is 12.8 Å². The average Bonchev–Trinajstić information content (AvgIpc) is 3.32. The molecule has 1 fully saturated rings. The molecule has 2 aromatic rings. The first-order valence-corrected chi connectivity index (χ1v) is 9.44. The number of furan rings is 2. The van der Waals surface area contributed by atoms with Gasteiger partial charge in [0.2, 0.25) is 15.8 Å². The number of hydrogen-bond donors (Lipinski definition) is 2. The normalized spacial score (nSPS) is 15.3. The van der Waals surface area contributed by atoms with Crippen molar-refractivity contribution < 1.29 is 31.9 Å². The second-order valence-electron chi connectivity index (χ2n) is 5.90. The summed E-state index contributed by atoms with van der Waals surface area (Å²) in [4.78, 5) is 22.9. The van der Waals surface area contributed by atoms with Crippen LogP contribution in [0.4, 0.5) is 0 Å². The lowest BCUT2D eigenvalue weighted by atomic mass is 10.4. The van der Waals surface area contributed by atoms with Gasteiger partial charge in [0.1, 0.15) is 16.4 Å². The fourth-order valence-corrected chi connectivity index (χ4v) is 4.42. The highest BCUT2D eigenvalue weighted by Gasteiger charge is 2.31. The van der Waals surface area contributed by atoms with E-state index in [2.05, 4.69) is 5.32 Å². The number of aromatic carboxylic acids is 1. The quantitative estimate of drug-likeness (QED) is 0.776. The fraction of sp³-hybridized carbons (Fsp3) is 0.375. The van der Waals surface area contributed by atoms with Crippen molar-refractivity contribution >= 4 is 21.9 Å². The zero-order chi connectivity index (χ0) is 18.9. The largest absolute Gasteiger partial charge is 0.475 e. The van der Waals surface area contributed by atoms with Gasteiger partial charge in [-0.1, -0.05) is 0 Å². The molecule has 2 N–H and O–H groups in total. The van der Waals surface area contributed by atoms with Gasteiger partial charge >= 0.3 is 5.97 Å². The summed E-state index contributed by atoms with van der Waals surface area (Å²) < 4.78 is 36.9. The molecular formula is C16H18N2O7S. The maximum absolute atomic E-state index is 12.6. The van der Waals surface area contributed by atoms with Gasteiger partial charge in [0.15, 0.2) is 5.76 Å². The van der Waals surface area contributed by atoms with E-state index in [4.69, 9.17) is 13.9 Å². The van der Waals surface area contributed by atoms with Crippen molar-refractivity contribution in [3.63, 3.8) is 0 Å². The minimum Gasteiger partial charge on any atom is -0.475 e. The highest BCUT2D eigenvalue weighted by atomic mass is 32.2. The first-order valence-electron chi connectivity index (χ1n) is 8.00. The Balaban J connectivity index is 1.71. The Labute approximate surface area is 149 Å². The van der Waals surface area contributed by atoms with E-state index in [1.807, 2.05) is 0 Å². The lowest BCUT2D eigenvalue weighted by molar-refractivity contribution is 0.0660. The van der Waals surface area contributed by atoms with Crippen molar-refractivity contribution in [2.45, 2.75) is 31.2 Å². The summed E-state index contributed by atoms with van der Waals surface area (Å²) in [6.45, 7) is 2.35.